The number of carbonyl (C=O) groups is 1. The summed E-state index contributed by atoms with van der Waals surface area (Å²) in [5.74, 6) is 1.87. The monoisotopic (exact) mass is 369 g/mol. The Balaban J connectivity index is 1.34. The minimum Gasteiger partial charge on any atom is -0.353 e. The maximum Gasteiger partial charge on any atom is 0.246 e. The summed E-state index contributed by atoms with van der Waals surface area (Å²) in [7, 11) is 0. The van der Waals surface area contributed by atoms with E-state index in [9.17, 15) is 4.79 Å². The second kappa shape index (κ2) is 7.86. The number of anilines is 2. The molecule has 0 atom stereocenters. The Morgan fingerprint density at radius 1 is 1.04 bits per heavy atom. The standard InChI is InChI=1S/C19H23N5OS/c25-18(6-5-16-4-3-15-26-16)23-13-11-22(12-14-23)17-7-8-20-19(21-17)24-9-1-2-10-24/h3-8,15H,1-2,9-14H2/b6-5+. The molecule has 6 nitrogen and oxygen atoms in total. The lowest BCUT2D eigenvalue weighted by atomic mass is 10.3. The number of carbonyl (C=O) groups excluding carboxylic acids is 1. The quantitative estimate of drug-likeness (QED) is 0.775. The van der Waals surface area contributed by atoms with Gasteiger partial charge in [-0.3, -0.25) is 4.79 Å². The lowest BCUT2D eigenvalue weighted by Crippen LogP contribution is -2.48. The van der Waals surface area contributed by atoms with Gasteiger partial charge in [0.15, 0.2) is 0 Å². The first-order chi connectivity index (χ1) is 12.8. The Labute approximate surface area is 157 Å². The number of rotatable bonds is 4. The van der Waals surface area contributed by atoms with E-state index in [4.69, 9.17) is 4.98 Å². The average Bonchev–Trinajstić information content (AvgIpc) is 3.40. The highest BCUT2D eigenvalue weighted by atomic mass is 32.1. The van der Waals surface area contributed by atoms with E-state index in [-0.39, 0.29) is 5.91 Å². The molecule has 2 saturated heterocycles. The normalized spacial score (nSPS) is 18.1. The predicted molar refractivity (Wildman–Crippen MR) is 106 cm³/mol. The molecule has 2 aromatic rings. The molecular weight excluding hydrogens is 346 g/mol. The summed E-state index contributed by atoms with van der Waals surface area (Å²) in [6, 6.07) is 5.97. The second-order valence-electron chi connectivity index (χ2n) is 6.57. The third kappa shape index (κ3) is 3.88. The van der Waals surface area contributed by atoms with Gasteiger partial charge in [0, 0.05) is 56.4 Å². The van der Waals surface area contributed by atoms with E-state index in [1.165, 1.54) is 12.8 Å². The van der Waals surface area contributed by atoms with Gasteiger partial charge in [0.2, 0.25) is 11.9 Å². The molecule has 2 fully saturated rings. The van der Waals surface area contributed by atoms with Crippen LogP contribution in [0.25, 0.3) is 6.08 Å². The van der Waals surface area contributed by atoms with Crippen molar-refractivity contribution in [3.05, 3.63) is 40.7 Å². The van der Waals surface area contributed by atoms with Crippen LogP contribution in [-0.2, 0) is 4.79 Å². The molecule has 7 heteroatoms. The van der Waals surface area contributed by atoms with Gasteiger partial charge in [0.25, 0.3) is 0 Å². The molecule has 2 aliphatic rings. The van der Waals surface area contributed by atoms with E-state index in [1.807, 2.05) is 40.8 Å². The van der Waals surface area contributed by atoms with Crippen molar-refractivity contribution in [3.8, 4) is 0 Å². The molecule has 0 spiro atoms. The Morgan fingerprint density at radius 2 is 1.85 bits per heavy atom. The molecule has 0 N–H and O–H groups in total. The Kier molecular flexibility index (Phi) is 5.15. The van der Waals surface area contributed by atoms with Crippen molar-refractivity contribution >= 4 is 35.1 Å². The summed E-state index contributed by atoms with van der Waals surface area (Å²) in [6.07, 6.45) is 7.85. The Morgan fingerprint density at radius 3 is 2.58 bits per heavy atom. The highest BCUT2D eigenvalue weighted by Crippen LogP contribution is 2.20. The van der Waals surface area contributed by atoms with E-state index in [0.29, 0.717) is 0 Å². The second-order valence-corrected chi connectivity index (χ2v) is 7.55. The summed E-state index contributed by atoms with van der Waals surface area (Å²) in [4.78, 5) is 29.0. The zero-order valence-corrected chi connectivity index (χ0v) is 15.6. The van der Waals surface area contributed by atoms with Crippen LogP contribution in [0, 0.1) is 0 Å². The van der Waals surface area contributed by atoms with Crippen molar-refractivity contribution in [2.24, 2.45) is 0 Å². The van der Waals surface area contributed by atoms with Crippen LogP contribution in [-0.4, -0.2) is 60.0 Å². The van der Waals surface area contributed by atoms with Crippen LogP contribution < -0.4 is 9.80 Å². The molecule has 2 aromatic heterocycles. The average molecular weight is 369 g/mol. The fourth-order valence-corrected chi connectivity index (χ4v) is 4.00. The van der Waals surface area contributed by atoms with Crippen LogP contribution in [0.4, 0.5) is 11.8 Å². The lowest BCUT2D eigenvalue weighted by Gasteiger charge is -2.35. The Bertz CT molecular complexity index is 762. The zero-order valence-electron chi connectivity index (χ0n) is 14.8. The predicted octanol–water partition coefficient (Wildman–Crippen LogP) is 2.50. The third-order valence-electron chi connectivity index (χ3n) is 4.87. The van der Waals surface area contributed by atoms with E-state index < -0.39 is 0 Å². The van der Waals surface area contributed by atoms with Crippen molar-refractivity contribution in [3.63, 3.8) is 0 Å². The van der Waals surface area contributed by atoms with Gasteiger partial charge in [-0.2, -0.15) is 4.98 Å². The number of thiophene rings is 1. The first-order valence-corrected chi connectivity index (χ1v) is 10.0. The minimum atomic E-state index is 0.0819. The van der Waals surface area contributed by atoms with Crippen molar-refractivity contribution in [2.45, 2.75) is 12.8 Å². The fraction of sp³-hybridized carbons (Fsp3) is 0.421. The van der Waals surface area contributed by atoms with Crippen LogP contribution in [0.15, 0.2) is 35.9 Å². The molecule has 0 bridgehead atoms. The van der Waals surface area contributed by atoms with Crippen LogP contribution in [0.1, 0.15) is 17.7 Å². The summed E-state index contributed by atoms with van der Waals surface area (Å²) < 4.78 is 0. The Hall–Kier alpha value is -2.41. The van der Waals surface area contributed by atoms with E-state index >= 15 is 0 Å². The molecular formula is C19H23N5OS. The molecule has 136 valence electrons. The molecule has 1 amide bonds. The van der Waals surface area contributed by atoms with Crippen LogP contribution in [0.3, 0.4) is 0 Å². The summed E-state index contributed by atoms with van der Waals surface area (Å²) in [6.45, 7) is 5.13. The first-order valence-electron chi connectivity index (χ1n) is 9.13. The van der Waals surface area contributed by atoms with E-state index in [0.717, 1.165) is 55.9 Å². The van der Waals surface area contributed by atoms with Gasteiger partial charge in [-0.05, 0) is 36.4 Å². The van der Waals surface area contributed by atoms with E-state index in [1.54, 1.807) is 17.4 Å². The molecule has 2 aliphatic heterocycles. The lowest BCUT2D eigenvalue weighted by molar-refractivity contribution is -0.126. The molecule has 26 heavy (non-hydrogen) atoms. The van der Waals surface area contributed by atoms with Crippen LogP contribution in [0.5, 0.6) is 0 Å². The van der Waals surface area contributed by atoms with Gasteiger partial charge < -0.3 is 14.7 Å². The summed E-state index contributed by atoms with van der Waals surface area (Å²) in [5, 5.41) is 2.01. The largest absolute Gasteiger partial charge is 0.353 e. The molecule has 0 radical (unpaired) electrons. The number of hydrogen-bond acceptors (Lipinski definition) is 6. The van der Waals surface area contributed by atoms with Crippen molar-refractivity contribution in [2.75, 3.05) is 49.1 Å². The van der Waals surface area contributed by atoms with Crippen molar-refractivity contribution in [1.29, 1.82) is 0 Å². The van der Waals surface area contributed by atoms with E-state index in [2.05, 4.69) is 14.8 Å². The van der Waals surface area contributed by atoms with Gasteiger partial charge >= 0.3 is 0 Å². The molecule has 4 heterocycles. The van der Waals surface area contributed by atoms with Gasteiger partial charge in [-0.15, -0.1) is 11.3 Å². The van der Waals surface area contributed by atoms with Gasteiger partial charge in [0.05, 0.1) is 0 Å². The van der Waals surface area contributed by atoms with Crippen molar-refractivity contribution < 1.29 is 4.79 Å². The molecule has 0 saturated carbocycles. The van der Waals surface area contributed by atoms with Crippen LogP contribution >= 0.6 is 11.3 Å². The number of piperazine rings is 1. The maximum atomic E-state index is 12.4. The topological polar surface area (TPSA) is 52.6 Å². The molecule has 0 unspecified atom stereocenters. The van der Waals surface area contributed by atoms with Crippen molar-refractivity contribution in [1.82, 2.24) is 14.9 Å². The first kappa shape index (κ1) is 17.0. The van der Waals surface area contributed by atoms with Gasteiger partial charge in [-0.25, -0.2) is 4.98 Å². The molecule has 4 rings (SSSR count). The number of hydrogen-bond donors (Lipinski definition) is 0. The number of aromatic nitrogens is 2. The van der Waals surface area contributed by atoms with Gasteiger partial charge in [0.1, 0.15) is 5.82 Å². The zero-order chi connectivity index (χ0) is 17.8. The third-order valence-corrected chi connectivity index (χ3v) is 5.70. The fourth-order valence-electron chi connectivity index (χ4n) is 3.39. The summed E-state index contributed by atoms with van der Waals surface area (Å²) in [5.41, 5.74) is 0. The SMILES string of the molecule is O=C(/C=C/c1cccs1)N1CCN(c2ccnc(N3CCCC3)n2)CC1. The number of nitrogens with zero attached hydrogens (tertiary/aromatic N) is 5. The van der Waals surface area contributed by atoms with Gasteiger partial charge in [-0.1, -0.05) is 6.07 Å². The molecule has 0 aromatic carbocycles. The number of amides is 1. The van der Waals surface area contributed by atoms with Crippen LogP contribution in [0.2, 0.25) is 0 Å². The minimum absolute atomic E-state index is 0.0819. The smallest absolute Gasteiger partial charge is 0.246 e. The highest BCUT2D eigenvalue weighted by molar-refractivity contribution is 7.10. The summed E-state index contributed by atoms with van der Waals surface area (Å²) >= 11 is 1.64. The highest BCUT2D eigenvalue weighted by Gasteiger charge is 2.22. The molecule has 0 aliphatic carbocycles. The maximum absolute atomic E-state index is 12.4.